The van der Waals surface area contributed by atoms with E-state index < -0.39 is 0 Å². The van der Waals surface area contributed by atoms with Crippen LogP contribution in [-0.2, 0) is 0 Å². The molecule has 0 amide bonds. The van der Waals surface area contributed by atoms with Crippen LogP contribution >= 0.6 is 22.7 Å². The summed E-state index contributed by atoms with van der Waals surface area (Å²) in [7, 11) is 5.73. The molecule has 0 unspecified atom stereocenters. The number of hydrogen-bond acceptors (Lipinski definition) is 2. The molecule has 0 aliphatic rings. The van der Waals surface area contributed by atoms with Crippen molar-refractivity contribution in [2.24, 2.45) is 0 Å². The molecule has 0 fully saturated rings. The summed E-state index contributed by atoms with van der Waals surface area (Å²) in [6.45, 7) is 0. The molecule has 0 bridgehead atoms. The van der Waals surface area contributed by atoms with E-state index in [1.807, 2.05) is 17.4 Å². The van der Waals surface area contributed by atoms with Crippen LogP contribution in [0.1, 0.15) is 0 Å². The minimum absolute atomic E-state index is 0.877. The predicted molar refractivity (Wildman–Crippen MR) is 70.5 cm³/mol. The van der Waals surface area contributed by atoms with E-state index in [1.54, 1.807) is 11.3 Å². The first-order chi connectivity index (χ1) is 7.33. The van der Waals surface area contributed by atoms with Crippen molar-refractivity contribution < 1.29 is 0 Å². The highest BCUT2D eigenvalue weighted by Gasteiger charge is 2.04. The van der Waals surface area contributed by atoms with Crippen molar-refractivity contribution in [2.45, 2.75) is 0 Å². The fraction of sp³-hybridized carbons (Fsp3) is 0. The molecular formula is C12H7BS2. The van der Waals surface area contributed by atoms with Crippen molar-refractivity contribution in [1.82, 2.24) is 0 Å². The average molecular weight is 226 g/mol. The fourth-order valence-corrected chi connectivity index (χ4v) is 3.51. The number of thiophene rings is 2. The summed E-state index contributed by atoms with van der Waals surface area (Å²) < 4.78 is 2.21. The van der Waals surface area contributed by atoms with Gasteiger partial charge in [-0.2, -0.15) is 11.3 Å². The van der Waals surface area contributed by atoms with Crippen molar-refractivity contribution in [1.29, 1.82) is 0 Å². The molecule has 2 radical (unpaired) electrons. The molecule has 3 heteroatoms. The smallest absolute Gasteiger partial charge is 0.128 e. The zero-order valence-corrected chi connectivity index (χ0v) is 9.57. The third-order valence-electron chi connectivity index (χ3n) is 2.30. The quantitative estimate of drug-likeness (QED) is 0.557. The second-order valence-corrected chi connectivity index (χ2v) is 5.55. The maximum absolute atomic E-state index is 5.73. The molecule has 0 saturated carbocycles. The summed E-state index contributed by atoms with van der Waals surface area (Å²) in [5.41, 5.74) is 0. The van der Waals surface area contributed by atoms with Crippen LogP contribution in [0.4, 0.5) is 0 Å². The van der Waals surface area contributed by atoms with Gasteiger partial charge < -0.3 is 0 Å². The Morgan fingerprint density at radius 3 is 2.47 bits per heavy atom. The number of fused-ring (bicyclic) bond motifs is 1. The van der Waals surface area contributed by atoms with Crippen LogP contribution in [0.5, 0.6) is 0 Å². The van der Waals surface area contributed by atoms with Gasteiger partial charge in [0.25, 0.3) is 0 Å². The minimum atomic E-state index is 0.877. The summed E-state index contributed by atoms with van der Waals surface area (Å²) in [6, 6.07) is 14.7. The normalized spacial score (nSPS) is 10.9. The van der Waals surface area contributed by atoms with Crippen LogP contribution in [0.15, 0.2) is 42.5 Å². The molecule has 70 valence electrons. The Bertz CT molecular complexity index is 574. The van der Waals surface area contributed by atoms with E-state index in [0.717, 1.165) is 4.78 Å². The molecule has 0 spiro atoms. The van der Waals surface area contributed by atoms with Crippen LogP contribution in [0.2, 0.25) is 0 Å². The van der Waals surface area contributed by atoms with Gasteiger partial charge in [-0.3, -0.25) is 0 Å². The lowest BCUT2D eigenvalue weighted by atomic mass is 10.1. The van der Waals surface area contributed by atoms with Crippen molar-refractivity contribution in [3.8, 4) is 9.75 Å². The number of benzene rings is 1. The summed E-state index contributed by atoms with van der Waals surface area (Å²) in [4.78, 5) is 2.56. The first kappa shape index (κ1) is 9.19. The van der Waals surface area contributed by atoms with E-state index in [4.69, 9.17) is 7.85 Å². The van der Waals surface area contributed by atoms with Crippen molar-refractivity contribution in [3.63, 3.8) is 0 Å². The monoisotopic (exact) mass is 226 g/mol. The molecule has 0 aliphatic heterocycles. The molecule has 3 aromatic rings. The summed E-state index contributed by atoms with van der Waals surface area (Å²) in [5.74, 6) is 0. The van der Waals surface area contributed by atoms with Gasteiger partial charge in [-0.05, 0) is 28.4 Å². The number of rotatable bonds is 1. The predicted octanol–water partition coefficient (Wildman–Crippen LogP) is 3.42. The lowest BCUT2D eigenvalue weighted by Gasteiger charge is -1.86. The van der Waals surface area contributed by atoms with Crippen LogP contribution in [0.3, 0.4) is 0 Å². The van der Waals surface area contributed by atoms with Crippen molar-refractivity contribution in [3.05, 3.63) is 42.5 Å². The van der Waals surface area contributed by atoms with Crippen molar-refractivity contribution in [2.75, 3.05) is 0 Å². The van der Waals surface area contributed by atoms with E-state index in [0.29, 0.717) is 0 Å². The second kappa shape index (κ2) is 3.51. The molecule has 15 heavy (non-hydrogen) atoms. The molecule has 2 aromatic heterocycles. The molecule has 0 aliphatic carbocycles. The van der Waals surface area contributed by atoms with Crippen LogP contribution in [-0.4, -0.2) is 7.85 Å². The van der Waals surface area contributed by atoms with Gasteiger partial charge in [0.1, 0.15) is 7.85 Å². The van der Waals surface area contributed by atoms with Crippen LogP contribution < -0.4 is 4.78 Å². The van der Waals surface area contributed by atoms with Crippen molar-refractivity contribution >= 4 is 45.4 Å². The highest BCUT2D eigenvalue weighted by atomic mass is 32.1. The average Bonchev–Trinajstić information content (AvgIpc) is 2.82. The van der Waals surface area contributed by atoms with E-state index in [2.05, 4.69) is 36.4 Å². The maximum Gasteiger partial charge on any atom is 0.128 e. The third kappa shape index (κ3) is 1.62. The highest BCUT2D eigenvalue weighted by Crippen LogP contribution is 2.34. The lowest BCUT2D eigenvalue weighted by Crippen LogP contribution is -1.88. The Morgan fingerprint density at radius 2 is 1.73 bits per heavy atom. The second-order valence-electron chi connectivity index (χ2n) is 3.35. The molecule has 0 saturated heterocycles. The fourth-order valence-electron chi connectivity index (χ4n) is 1.59. The summed E-state index contributed by atoms with van der Waals surface area (Å²) in [5, 5.41) is 1.31. The maximum atomic E-state index is 5.73. The van der Waals surface area contributed by atoms with Gasteiger partial charge in [0.05, 0.1) is 0 Å². The standard InChI is InChI=1S/C12H7BS2/c13-12-6-5-10(15-12)11-7-8-3-1-2-4-9(8)14-11/h1-7H. The Kier molecular flexibility index (Phi) is 2.15. The van der Waals surface area contributed by atoms with E-state index >= 15 is 0 Å². The first-order valence-corrected chi connectivity index (χ1v) is 6.30. The van der Waals surface area contributed by atoms with E-state index in [-0.39, 0.29) is 0 Å². The Balaban J connectivity index is 2.19. The largest absolute Gasteiger partial charge is 0.151 e. The lowest BCUT2D eigenvalue weighted by molar-refractivity contribution is 1.85. The third-order valence-corrected chi connectivity index (χ3v) is 4.52. The molecule has 2 heterocycles. The van der Waals surface area contributed by atoms with Gasteiger partial charge in [0.2, 0.25) is 0 Å². The number of hydrogen-bond donors (Lipinski definition) is 0. The Hall–Kier alpha value is -1.06. The molecule has 0 N–H and O–H groups in total. The van der Waals surface area contributed by atoms with Gasteiger partial charge in [-0.1, -0.05) is 24.3 Å². The minimum Gasteiger partial charge on any atom is -0.151 e. The van der Waals surface area contributed by atoms with E-state index in [1.165, 1.54) is 19.8 Å². The molecule has 0 atom stereocenters. The molecule has 3 rings (SSSR count). The van der Waals surface area contributed by atoms with Gasteiger partial charge in [-0.15, -0.1) is 11.3 Å². The van der Waals surface area contributed by atoms with Gasteiger partial charge in [0.15, 0.2) is 0 Å². The van der Waals surface area contributed by atoms with Gasteiger partial charge in [0, 0.05) is 14.5 Å². The van der Waals surface area contributed by atoms with Gasteiger partial charge >= 0.3 is 0 Å². The topological polar surface area (TPSA) is 0 Å². The van der Waals surface area contributed by atoms with Crippen LogP contribution in [0.25, 0.3) is 19.8 Å². The molecule has 1 aromatic carbocycles. The zero-order chi connectivity index (χ0) is 10.3. The Morgan fingerprint density at radius 1 is 0.867 bits per heavy atom. The SMILES string of the molecule is [B]c1ccc(-c2cc3ccccc3s2)s1. The van der Waals surface area contributed by atoms with Gasteiger partial charge in [-0.25, -0.2) is 0 Å². The van der Waals surface area contributed by atoms with E-state index in [9.17, 15) is 0 Å². The Labute approximate surface area is 97.6 Å². The highest BCUT2D eigenvalue weighted by molar-refractivity contribution is 7.28. The molecular weight excluding hydrogens is 219 g/mol. The summed E-state index contributed by atoms with van der Waals surface area (Å²) in [6.07, 6.45) is 0. The summed E-state index contributed by atoms with van der Waals surface area (Å²) >= 11 is 3.46. The van der Waals surface area contributed by atoms with Crippen LogP contribution in [0, 0.1) is 0 Å². The first-order valence-electron chi connectivity index (χ1n) is 4.67. The molecule has 0 nitrogen and oxygen atoms in total. The zero-order valence-electron chi connectivity index (χ0n) is 7.94.